The van der Waals surface area contributed by atoms with E-state index in [4.69, 9.17) is 0 Å². The summed E-state index contributed by atoms with van der Waals surface area (Å²) in [6.45, 7) is 7.06. The Morgan fingerprint density at radius 3 is 3.00 bits per heavy atom. The fourth-order valence-electron chi connectivity index (χ4n) is 3.20. The Balaban J connectivity index is 1.88. The summed E-state index contributed by atoms with van der Waals surface area (Å²) < 4.78 is 13.9. The molecule has 1 unspecified atom stereocenters. The Labute approximate surface area is 134 Å². The lowest BCUT2D eigenvalue weighted by molar-refractivity contribution is -0.134. The third-order valence-electron chi connectivity index (χ3n) is 4.32. The van der Waals surface area contributed by atoms with Crippen molar-refractivity contribution in [3.63, 3.8) is 0 Å². The van der Waals surface area contributed by atoms with Crippen LogP contribution in [-0.4, -0.2) is 32.5 Å². The summed E-state index contributed by atoms with van der Waals surface area (Å²) in [6.07, 6.45) is 4.12. The van der Waals surface area contributed by atoms with Crippen LogP contribution in [0.2, 0.25) is 0 Å². The number of nitrogens with one attached hydrogen (secondary N) is 1. The molecule has 122 valence electrons. The van der Waals surface area contributed by atoms with E-state index in [1.807, 2.05) is 0 Å². The van der Waals surface area contributed by atoms with Crippen LogP contribution < -0.4 is 0 Å². The molecule has 23 heavy (non-hydrogen) atoms. The molecule has 1 aliphatic heterocycles. The number of nitrogens with zero attached hydrogens (tertiary/aromatic N) is 3. The van der Waals surface area contributed by atoms with Crippen LogP contribution in [0.25, 0.3) is 0 Å². The van der Waals surface area contributed by atoms with Crippen molar-refractivity contribution in [1.82, 2.24) is 20.1 Å². The summed E-state index contributed by atoms with van der Waals surface area (Å²) in [5, 5.41) is 7.11. The van der Waals surface area contributed by atoms with Gasteiger partial charge in [-0.3, -0.25) is 14.9 Å². The molecule has 2 aromatic rings. The van der Waals surface area contributed by atoms with Crippen LogP contribution in [0.3, 0.4) is 0 Å². The number of fused-ring (bicyclic) bond motifs is 1. The number of pyridine rings is 1. The summed E-state index contributed by atoms with van der Waals surface area (Å²) in [4.78, 5) is 18.8. The average Bonchev–Trinajstić information content (AvgIpc) is 2.86. The Hall–Kier alpha value is -2.24. The van der Waals surface area contributed by atoms with Crippen LogP contribution in [0.4, 0.5) is 4.39 Å². The number of rotatable bonds is 2. The predicted molar refractivity (Wildman–Crippen MR) is 84.1 cm³/mol. The summed E-state index contributed by atoms with van der Waals surface area (Å²) in [5.74, 6) is -1.16. The van der Waals surface area contributed by atoms with E-state index in [-0.39, 0.29) is 17.0 Å². The van der Waals surface area contributed by atoms with E-state index in [2.05, 4.69) is 29.0 Å². The maximum atomic E-state index is 13.9. The number of hydrogen-bond donors (Lipinski definition) is 1. The second-order valence-corrected chi connectivity index (χ2v) is 7.00. The van der Waals surface area contributed by atoms with E-state index >= 15 is 0 Å². The Bertz CT molecular complexity index is 725. The Morgan fingerprint density at radius 1 is 1.48 bits per heavy atom. The first-order valence-electron chi connectivity index (χ1n) is 7.78. The van der Waals surface area contributed by atoms with Crippen molar-refractivity contribution in [3.8, 4) is 0 Å². The molecule has 3 rings (SSSR count). The van der Waals surface area contributed by atoms with E-state index < -0.39 is 11.7 Å². The first-order chi connectivity index (χ1) is 10.9. The van der Waals surface area contributed by atoms with Crippen LogP contribution >= 0.6 is 0 Å². The second kappa shape index (κ2) is 5.76. The van der Waals surface area contributed by atoms with Crippen molar-refractivity contribution in [1.29, 1.82) is 0 Å². The van der Waals surface area contributed by atoms with Crippen molar-refractivity contribution < 1.29 is 9.18 Å². The molecule has 6 heteroatoms. The maximum absolute atomic E-state index is 13.9. The average molecular weight is 316 g/mol. The van der Waals surface area contributed by atoms with Crippen molar-refractivity contribution in [2.45, 2.75) is 39.7 Å². The smallest absolute Gasteiger partial charge is 0.231 e. The molecular weight excluding hydrogens is 295 g/mol. The zero-order valence-corrected chi connectivity index (χ0v) is 13.6. The predicted octanol–water partition coefficient (Wildman–Crippen LogP) is 2.66. The van der Waals surface area contributed by atoms with Gasteiger partial charge in [0.1, 0.15) is 5.82 Å². The highest BCUT2D eigenvalue weighted by atomic mass is 19.1. The van der Waals surface area contributed by atoms with Gasteiger partial charge >= 0.3 is 0 Å². The zero-order valence-electron chi connectivity index (χ0n) is 13.6. The summed E-state index contributed by atoms with van der Waals surface area (Å²) in [5.41, 5.74) is 2.22. The molecule has 1 N–H and O–H groups in total. The van der Waals surface area contributed by atoms with Gasteiger partial charge in [-0.2, -0.15) is 5.10 Å². The second-order valence-electron chi connectivity index (χ2n) is 7.00. The molecular formula is C17H21FN4O. The lowest BCUT2D eigenvalue weighted by atomic mass is 9.87. The molecule has 0 saturated heterocycles. The van der Waals surface area contributed by atoms with E-state index in [0.29, 0.717) is 13.1 Å². The van der Waals surface area contributed by atoms with Gasteiger partial charge in [-0.1, -0.05) is 13.8 Å². The number of halogens is 1. The molecule has 0 aromatic carbocycles. The fourth-order valence-corrected chi connectivity index (χ4v) is 3.20. The molecule has 5 nitrogen and oxygen atoms in total. The molecule has 3 heterocycles. The number of amides is 1. The van der Waals surface area contributed by atoms with Gasteiger partial charge in [-0.05, 0) is 30.9 Å². The van der Waals surface area contributed by atoms with Gasteiger partial charge in [0.25, 0.3) is 0 Å². The van der Waals surface area contributed by atoms with E-state index in [1.165, 1.54) is 18.3 Å². The highest BCUT2D eigenvalue weighted by molar-refractivity contribution is 5.83. The molecule has 1 atom stereocenters. The number of aromatic nitrogens is 3. The first kappa shape index (κ1) is 15.6. The third kappa shape index (κ3) is 3.11. The van der Waals surface area contributed by atoms with Gasteiger partial charge < -0.3 is 4.90 Å². The number of aromatic amines is 1. The van der Waals surface area contributed by atoms with Crippen LogP contribution in [0.1, 0.15) is 43.6 Å². The number of carbonyl (C=O) groups excluding carboxylic acids is 1. The van der Waals surface area contributed by atoms with Crippen LogP contribution in [0.15, 0.2) is 24.5 Å². The Kier molecular flexibility index (Phi) is 3.92. The van der Waals surface area contributed by atoms with Gasteiger partial charge in [0.05, 0.1) is 17.8 Å². The molecule has 0 radical (unpaired) electrons. The monoisotopic (exact) mass is 316 g/mol. The topological polar surface area (TPSA) is 61.9 Å². The summed E-state index contributed by atoms with van der Waals surface area (Å²) in [7, 11) is 0. The number of carbonyl (C=O) groups is 1. The van der Waals surface area contributed by atoms with Crippen LogP contribution in [-0.2, 0) is 17.8 Å². The lowest BCUT2D eigenvalue weighted by Crippen LogP contribution is -2.39. The minimum atomic E-state index is -0.611. The van der Waals surface area contributed by atoms with Crippen molar-refractivity contribution >= 4 is 5.91 Å². The normalized spacial score (nSPS) is 18.2. The molecule has 0 spiro atoms. The third-order valence-corrected chi connectivity index (χ3v) is 4.32. The van der Waals surface area contributed by atoms with Gasteiger partial charge in [0.15, 0.2) is 0 Å². The highest BCUT2D eigenvalue weighted by Crippen LogP contribution is 2.31. The van der Waals surface area contributed by atoms with Gasteiger partial charge in [-0.15, -0.1) is 0 Å². The summed E-state index contributed by atoms with van der Waals surface area (Å²) >= 11 is 0. The standard InChI is InChI=1S/C17H21FN4O/c1-11(15-13(18)5-4-6-19-15)16(23)22-9-12-8-20-21-14(12)7-17(2,3)10-22/h4-6,8,11H,7,9-10H2,1-3H3,(H,20,21). The zero-order chi connectivity index (χ0) is 16.6. The Morgan fingerprint density at radius 2 is 2.26 bits per heavy atom. The van der Waals surface area contributed by atoms with Gasteiger partial charge in [0.2, 0.25) is 5.91 Å². The van der Waals surface area contributed by atoms with Crippen LogP contribution in [0.5, 0.6) is 0 Å². The fraction of sp³-hybridized carbons (Fsp3) is 0.471. The first-order valence-corrected chi connectivity index (χ1v) is 7.78. The van der Waals surface area contributed by atoms with Crippen molar-refractivity contribution in [2.75, 3.05) is 6.54 Å². The lowest BCUT2D eigenvalue weighted by Gasteiger charge is -2.31. The highest BCUT2D eigenvalue weighted by Gasteiger charge is 2.34. The number of H-pyrrole nitrogens is 1. The van der Waals surface area contributed by atoms with E-state index in [1.54, 1.807) is 18.0 Å². The quantitative estimate of drug-likeness (QED) is 0.926. The molecule has 1 amide bonds. The molecule has 0 aliphatic carbocycles. The van der Waals surface area contributed by atoms with Gasteiger partial charge in [-0.25, -0.2) is 4.39 Å². The molecule has 0 bridgehead atoms. The molecule has 0 fully saturated rings. The van der Waals surface area contributed by atoms with Crippen LogP contribution in [0, 0.1) is 11.2 Å². The molecule has 2 aromatic heterocycles. The van der Waals surface area contributed by atoms with Gasteiger partial charge in [0, 0.05) is 30.5 Å². The van der Waals surface area contributed by atoms with Crippen molar-refractivity contribution in [2.24, 2.45) is 5.41 Å². The maximum Gasteiger partial charge on any atom is 0.231 e. The largest absolute Gasteiger partial charge is 0.337 e. The summed E-state index contributed by atoms with van der Waals surface area (Å²) in [6, 6.07) is 2.87. The van der Waals surface area contributed by atoms with E-state index in [9.17, 15) is 9.18 Å². The molecule has 0 saturated carbocycles. The molecule has 1 aliphatic rings. The number of hydrogen-bond acceptors (Lipinski definition) is 3. The van der Waals surface area contributed by atoms with E-state index in [0.717, 1.165) is 17.7 Å². The SMILES string of the molecule is CC(C(=O)N1Cc2cn[nH]c2CC(C)(C)C1)c1ncccc1F. The minimum absolute atomic E-state index is 0.0736. The minimum Gasteiger partial charge on any atom is -0.337 e. The van der Waals surface area contributed by atoms with Crippen molar-refractivity contribution in [3.05, 3.63) is 47.3 Å².